The number of amides is 1. The quantitative estimate of drug-likeness (QED) is 0.731. The Morgan fingerprint density at radius 2 is 2.12 bits per heavy atom. The van der Waals surface area contributed by atoms with E-state index < -0.39 is 0 Å². The molecule has 1 saturated heterocycles. The Hall–Kier alpha value is -1.51. The third kappa shape index (κ3) is 2.99. The van der Waals surface area contributed by atoms with Crippen molar-refractivity contribution in [3.8, 4) is 0 Å². The molecule has 1 heterocycles. The molecule has 92 valence electrons. The number of hydrogen-bond acceptors (Lipinski definition) is 2. The van der Waals surface area contributed by atoms with E-state index in [1.807, 2.05) is 19.1 Å². The molecule has 0 bridgehead atoms. The first-order valence-electron chi connectivity index (χ1n) is 6.32. The first-order chi connectivity index (χ1) is 8.16. The number of carbonyl (C=O) groups is 1. The molecule has 1 aliphatic rings. The Morgan fingerprint density at radius 3 is 2.88 bits per heavy atom. The normalized spacial score (nSPS) is 21.5. The third-order valence-electron chi connectivity index (χ3n) is 3.44. The van der Waals surface area contributed by atoms with Gasteiger partial charge in [0.2, 0.25) is 5.91 Å². The summed E-state index contributed by atoms with van der Waals surface area (Å²) in [7, 11) is 0. The molecule has 0 aliphatic carbocycles. The van der Waals surface area contributed by atoms with Gasteiger partial charge in [0.05, 0.1) is 6.04 Å². The van der Waals surface area contributed by atoms with E-state index in [0.717, 1.165) is 36.1 Å². The molecule has 1 aromatic rings. The molecule has 3 nitrogen and oxygen atoms in total. The van der Waals surface area contributed by atoms with Crippen LogP contribution in [-0.4, -0.2) is 5.91 Å². The fourth-order valence-electron chi connectivity index (χ4n) is 2.28. The van der Waals surface area contributed by atoms with Crippen LogP contribution in [0.2, 0.25) is 0 Å². The monoisotopic (exact) mass is 232 g/mol. The van der Waals surface area contributed by atoms with Gasteiger partial charge in [0.25, 0.3) is 0 Å². The minimum Gasteiger partial charge on any atom is -0.399 e. The zero-order valence-electron chi connectivity index (χ0n) is 10.3. The lowest BCUT2D eigenvalue weighted by atomic mass is 9.96. The summed E-state index contributed by atoms with van der Waals surface area (Å²) in [6.07, 6.45) is 4.98. The maximum absolute atomic E-state index is 11.6. The van der Waals surface area contributed by atoms with Crippen LogP contribution >= 0.6 is 0 Å². The van der Waals surface area contributed by atoms with E-state index in [0.29, 0.717) is 6.42 Å². The molecule has 1 aliphatic heterocycles. The number of hydrogen-bond donors (Lipinski definition) is 2. The largest absolute Gasteiger partial charge is 0.399 e. The van der Waals surface area contributed by atoms with E-state index >= 15 is 0 Å². The molecule has 3 heteroatoms. The van der Waals surface area contributed by atoms with Crippen LogP contribution in [0.25, 0.3) is 0 Å². The average Bonchev–Trinajstić information content (AvgIpc) is 2.27. The Morgan fingerprint density at radius 1 is 1.29 bits per heavy atom. The highest BCUT2D eigenvalue weighted by atomic mass is 16.1. The van der Waals surface area contributed by atoms with Crippen LogP contribution in [0.4, 0.5) is 5.69 Å². The molecule has 0 saturated carbocycles. The topological polar surface area (TPSA) is 55.1 Å². The van der Waals surface area contributed by atoms with Crippen molar-refractivity contribution in [2.75, 3.05) is 5.73 Å². The number of anilines is 1. The van der Waals surface area contributed by atoms with E-state index in [2.05, 4.69) is 11.4 Å². The number of rotatable bonds is 1. The number of benzene rings is 1. The average molecular weight is 232 g/mol. The lowest BCUT2D eigenvalue weighted by Crippen LogP contribution is -2.29. The maximum Gasteiger partial charge on any atom is 0.220 e. The molecular formula is C14H20N2O. The highest BCUT2D eigenvalue weighted by Gasteiger charge is 2.17. The van der Waals surface area contributed by atoms with Crippen molar-refractivity contribution in [3.05, 3.63) is 29.3 Å². The molecule has 3 N–H and O–H groups in total. The molecule has 1 atom stereocenters. The molecule has 1 fully saturated rings. The summed E-state index contributed by atoms with van der Waals surface area (Å²) in [5.41, 5.74) is 8.94. The third-order valence-corrected chi connectivity index (χ3v) is 3.44. The van der Waals surface area contributed by atoms with Crippen molar-refractivity contribution in [2.24, 2.45) is 0 Å². The zero-order chi connectivity index (χ0) is 12.3. The predicted molar refractivity (Wildman–Crippen MR) is 69.6 cm³/mol. The summed E-state index contributed by atoms with van der Waals surface area (Å²) in [4.78, 5) is 11.6. The van der Waals surface area contributed by atoms with Crippen LogP contribution in [0, 0.1) is 6.92 Å². The van der Waals surface area contributed by atoms with Gasteiger partial charge in [-0.2, -0.15) is 0 Å². The summed E-state index contributed by atoms with van der Waals surface area (Å²) in [5, 5.41) is 3.09. The van der Waals surface area contributed by atoms with Gasteiger partial charge in [-0.25, -0.2) is 0 Å². The molecule has 17 heavy (non-hydrogen) atoms. The number of carbonyl (C=O) groups excluding carboxylic acids is 1. The van der Waals surface area contributed by atoms with E-state index in [-0.39, 0.29) is 11.9 Å². The van der Waals surface area contributed by atoms with Crippen molar-refractivity contribution in [1.29, 1.82) is 0 Å². The second-order valence-electron chi connectivity index (χ2n) is 4.84. The van der Waals surface area contributed by atoms with Gasteiger partial charge in [0.15, 0.2) is 0 Å². The fourth-order valence-corrected chi connectivity index (χ4v) is 2.28. The Labute approximate surface area is 102 Å². The highest BCUT2D eigenvalue weighted by Crippen LogP contribution is 2.25. The van der Waals surface area contributed by atoms with Gasteiger partial charge in [0.1, 0.15) is 0 Å². The predicted octanol–water partition coefficient (Wildman–Crippen LogP) is 2.70. The van der Waals surface area contributed by atoms with E-state index in [1.54, 1.807) is 0 Å². The van der Waals surface area contributed by atoms with Crippen molar-refractivity contribution in [2.45, 2.75) is 45.1 Å². The van der Waals surface area contributed by atoms with Crippen LogP contribution in [0.3, 0.4) is 0 Å². The second-order valence-corrected chi connectivity index (χ2v) is 4.84. The minimum absolute atomic E-state index is 0.130. The molecule has 0 aromatic heterocycles. The summed E-state index contributed by atoms with van der Waals surface area (Å²) in [6, 6.07) is 6.21. The lowest BCUT2D eigenvalue weighted by molar-refractivity contribution is -0.122. The molecule has 1 aromatic carbocycles. The van der Waals surface area contributed by atoms with Gasteiger partial charge in [0, 0.05) is 12.1 Å². The van der Waals surface area contributed by atoms with Crippen LogP contribution in [0.1, 0.15) is 49.3 Å². The SMILES string of the molecule is Cc1ccc(C2CCCCCC(=O)N2)cc1N. The van der Waals surface area contributed by atoms with Crippen LogP contribution in [0.15, 0.2) is 18.2 Å². The first kappa shape index (κ1) is 12.0. The van der Waals surface area contributed by atoms with Gasteiger partial charge in [-0.15, -0.1) is 0 Å². The maximum atomic E-state index is 11.6. The number of nitrogens with one attached hydrogen (secondary N) is 1. The van der Waals surface area contributed by atoms with Crippen molar-refractivity contribution in [3.63, 3.8) is 0 Å². The van der Waals surface area contributed by atoms with Crippen LogP contribution < -0.4 is 11.1 Å². The highest BCUT2D eigenvalue weighted by molar-refractivity contribution is 5.76. The number of nitrogen functional groups attached to an aromatic ring is 1. The second kappa shape index (κ2) is 5.21. The smallest absolute Gasteiger partial charge is 0.220 e. The Kier molecular flexibility index (Phi) is 3.67. The molecular weight excluding hydrogens is 212 g/mol. The van der Waals surface area contributed by atoms with E-state index in [4.69, 9.17) is 5.73 Å². The molecule has 0 spiro atoms. The molecule has 0 radical (unpaired) electrons. The molecule has 1 amide bonds. The van der Waals surface area contributed by atoms with E-state index in [9.17, 15) is 4.79 Å². The number of nitrogens with two attached hydrogens (primary N) is 1. The summed E-state index contributed by atoms with van der Waals surface area (Å²) < 4.78 is 0. The van der Waals surface area contributed by atoms with Crippen LogP contribution in [-0.2, 0) is 4.79 Å². The van der Waals surface area contributed by atoms with E-state index in [1.165, 1.54) is 6.42 Å². The summed E-state index contributed by atoms with van der Waals surface area (Å²) in [6.45, 7) is 2.00. The van der Waals surface area contributed by atoms with Crippen molar-refractivity contribution >= 4 is 11.6 Å². The Balaban J connectivity index is 2.17. The van der Waals surface area contributed by atoms with Gasteiger partial charge in [-0.3, -0.25) is 4.79 Å². The summed E-state index contributed by atoms with van der Waals surface area (Å²) in [5.74, 6) is 0.161. The summed E-state index contributed by atoms with van der Waals surface area (Å²) >= 11 is 0. The van der Waals surface area contributed by atoms with Gasteiger partial charge in [-0.05, 0) is 37.0 Å². The zero-order valence-corrected chi connectivity index (χ0v) is 10.3. The molecule has 2 rings (SSSR count). The first-order valence-corrected chi connectivity index (χ1v) is 6.32. The number of aryl methyl sites for hydroxylation is 1. The van der Waals surface area contributed by atoms with Gasteiger partial charge >= 0.3 is 0 Å². The van der Waals surface area contributed by atoms with Crippen molar-refractivity contribution < 1.29 is 4.79 Å². The fraction of sp³-hybridized carbons (Fsp3) is 0.500. The lowest BCUT2D eigenvalue weighted by Gasteiger charge is -2.22. The van der Waals surface area contributed by atoms with Crippen LogP contribution in [0.5, 0.6) is 0 Å². The minimum atomic E-state index is 0.130. The van der Waals surface area contributed by atoms with Gasteiger partial charge in [-0.1, -0.05) is 25.0 Å². The standard InChI is InChI=1S/C14H20N2O/c1-10-7-8-11(9-12(10)15)13-5-3-2-4-6-14(17)16-13/h7-9,13H,2-6,15H2,1H3,(H,16,17). The van der Waals surface area contributed by atoms with Crippen molar-refractivity contribution in [1.82, 2.24) is 5.32 Å². The molecule has 1 unspecified atom stereocenters. The Bertz CT molecular complexity index is 415. The van der Waals surface area contributed by atoms with Gasteiger partial charge < -0.3 is 11.1 Å².